The Morgan fingerprint density at radius 1 is 0.800 bits per heavy atom. The van der Waals surface area contributed by atoms with E-state index in [1.807, 2.05) is 24.3 Å². The maximum atomic E-state index is 13.2. The van der Waals surface area contributed by atoms with Crippen LogP contribution in [0.4, 0.5) is 8.78 Å². The van der Waals surface area contributed by atoms with Gasteiger partial charge >= 0.3 is 0 Å². The van der Waals surface area contributed by atoms with Gasteiger partial charge in [-0.3, -0.25) is 9.80 Å². The van der Waals surface area contributed by atoms with Crippen molar-refractivity contribution in [3.8, 4) is 0 Å². The summed E-state index contributed by atoms with van der Waals surface area (Å²) in [7, 11) is 0. The summed E-state index contributed by atoms with van der Waals surface area (Å²) in [6, 6.07) is 14.9. The minimum absolute atomic E-state index is 0.162. The second-order valence-electron chi connectivity index (χ2n) is 8.75. The number of piperazine rings is 1. The van der Waals surface area contributed by atoms with Gasteiger partial charge in [-0.25, -0.2) is 8.78 Å². The van der Waals surface area contributed by atoms with Crippen LogP contribution in [0.3, 0.4) is 0 Å². The first kappa shape index (κ1) is 21.4. The normalized spacial score (nSPS) is 21.0. The van der Waals surface area contributed by atoms with E-state index in [9.17, 15) is 8.78 Å². The van der Waals surface area contributed by atoms with Crippen molar-refractivity contribution < 1.29 is 8.78 Å². The predicted molar refractivity (Wildman–Crippen MR) is 118 cm³/mol. The molecule has 0 saturated carbocycles. The highest BCUT2D eigenvalue weighted by Crippen LogP contribution is 2.26. The monoisotopic (exact) mass is 413 g/mol. The number of rotatable bonds is 6. The molecule has 2 heterocycles. The number of nitrogens with zero attached hydrogens (tertiary/aromatic N) is 3. The van der Waals surface area contributed by atoms with Gasteiger partial charge in [0, 0.05) is 57.9 Å². The smallest absolute Gasteiger partial charge is 0.123 e. The van der Waals surface area contributed by atoms with Crippen molar-refractivity contribution in [1.82, 2.24) is 14.7 Å². The van der Waals surface area contributed by atoms with Gasteiger partial charge in [0.05, 0.1) is 0 Å². The molecule has 0 amide bonds. The summed E-state index contributed by atoms with van der Waals surface area (Å²) in [6.07, 6.45) is 3.40. The number of hydrogen-bond acceptors (Lipinski definition) is 3. The molecule has 0 bridgehead atoms. The zero-order chi connectivity index (χ0) is 20.9. The molecule has 0 aliphatic carbocycles. The second kappa shape index (κ2) is 9.99. The van der Waals surface area contributed by atoms with Gasteiger partial charge in [0.2, 0.25) is 0 Å². The van der Waals surface area contributed by atoms with Crippen LogP contribution in [0, 0.1) is 11.6 Å². The summed E-state index contributed by atoms with van der Waals surface area (Å²) in [5.74, 6) is -0.327. The molecule has 1 atom stereocenters. The first-order valence-electron chi connectivity index (χ1n) is 11.3. The molecule has 2 aromatic rings. The van der Waals surface area contributed by atoms with E-state index >= 15 is 0 Å². The van der Waals surface area contributed by atoms with Crippen LogP contribution in [0.25, 0.3) is 0 Å². The summed E-state index contributed by atoms with van der Waals surface area (Å²) in [5, 5.41) is 0. The zero-order valence-electron chi connectivity index (χ0n) is 17.9. The van der Waals surface area contributed by atoms with Gasteiger partial charge in [0.15, 0.2) is 0 Å². The summed E-state index contributed by atoms with van der Waals surface area (Å²) >= 11 is 0. The van der Waals surface area contributed by atoms with Crippen LogP contribution >= 0.6 is 0 Å². The number of benzene rings is 2. The summed E-state index contributed by atoms with van der Waals surface area (Å²) in [4.78, 5) is 7.74. The van der Waals surface area contributed by atoms with Gasteiger partial charge < -0.3 is 4.90 Å². The van der Waals surface area contributed by atoms with Gasteiger partial charge in [-0.1, -0.05) is 24.3 Å². The van der Waals surface area contributed by atoms with Gasteiger partial charge in [-0.15, -0.1) is 0 Å². The maximum Gasteiger partial charge on any atom is 0.123 e. The molecule has 5 heteroatoms. The molecule has 2 aliphatic heterocycles. The fraction of sp³-hybridized carbons (Fsp3) is 0.520. The topological polar surface area (TPSA) is 9.72 Å². The molecule has 3 nitrogen and oxygen atoms in total. The molecular weight excluding hydrogens is 380 g/mol. The summed E-state index contributed by atoms with van der Waals surface area (Å²) in [5.41, 5.74) is 2.41. The highest BCUT2D eigenvalue weighted by Gasteiger charge is 2.29. The summed E-state index contributed by atoms with van der Waals surface area (Å²) < 4.78 is 26.2. The standard InChI is InChI=1S/C25H33F2N3/c1-20(22-4-8-24(27)9-5-22)29-14-11-25(12-15-29)30-18-16-28(17-19-30)13-10-21-2-6-23(26)7-3-21/h2-9,20,25H,10-19H2,1H3. The lowest BCUT2D eigenvalue weighted by Gasteiger charge is -2.44. The largest absolute Gasteiger partial charge is 0.300 e. The van der Waals surface area contributed by atoms with E-state index < -0.39 is 0 Å². The van der Waals surface area contributed by atoms with Crippen LogP contribution in [0.2, 0.25) is 0 Å². The van der Waals surface area contributed by atoms with Crippen LogP contribution in [-0.2, 0) is 6.42 Å². The van der Waals surface area contributed by atoms with Crippen molar-refractivity contribution >= 4 is 0 Å². The number of piperidine rings is 1. The van der Waals surface area contributed by atoms with E-state index in [2.05, 4.69) is 21.6 Å². The Balaban J connectivity index is 1.19. The van der Waals surface area contributed by atoms with E-state index in [0.29, 0.717) is 12.1 Å². The average molecular weight is 414 g/mol. The lowest BCUT2D eigenvalue weighted by molar-refractivity contribution is 0.0500. The lowest BCUT2D eigenvalue weighted by atomic mass is 9.98. The Labute approximate surface area is 179 Å². The first-order valence-corrected chi connectivity index (χ1v) is 11.3. The van der Waals surface area contributed by atoms with Crippen LogP contribution in [0.1, 0.15) is 36.9 Å². The minimum atomic E-state index is -0.165. The molecule has 2 aromatic carbocycles. The fourth-order valence-corrected chi connectivity index (χ4v) is 4.88. The molecule has 0 radical (unpaired) electrons. The fourth-order valence-electron chi connectivity index (χ4n) is 4.88. The molecule has 30 heavy (non-hydrogen) atoms. The van der Waals surface area contributed by atoms with Crippen LogP contribution in [0.15, 0.2) is 48.5 Å². The summed E-state index contributed by atoms with van der Waals surface area (Å²) in [6.45, 7) is 10.0. The lowest BCUT2D eigenvalue weighted by Crippen LogP contribution is -2.53. The molecule has 2 saturated heterocycles. The van der Waals surface area contributed by atoms with E-state index in [1.54, 1.807) is 24.3 Å². The minimum Gasteiger partial charge on any atom is -0.300 e. The van der Waals surface area contributed by atoms with Gasteiger partial charge in [0.25, 0.3) is 0 Å². The number of likely N-dealkylation sites (tertiary alicyclic amines) is 1. The van der Waals surface area contributed by atoms with E-state index in [4.69, 9.17) is 0 Å². The van der Waals surface area contributed by atoms with Crippen molar-refractivity contribution in [3.05, 3.63) is 71.3 Å². The Hall–Kier alpha value is -1.82. The molecule has 162 valence electrons. The van der Waals surface area contributed by atoms with Gasteiger partial charge in [-0.2, -0.15) is 0 Å². The Kier molecular flexibility index (Phi) is 7.13. The van der Waals surface area contributed by atoms with E-state index in [-0.39, 0.29) is 11.6 Å². The van der Waals surface area contributed by atoms with Crippen LogP contribution < -0.4 is 0 Å². The molecular formula is C25H33F2N3. The van der Waals surface area contributed by atoms with Crippen molar-refractivity contribution in [2.75, 3.05) is 45.8 Å². The van der Waals surface area contributed by atoms with Crippen LogP contribution in [-0.4, -0.2) is 66.6 Å². The third-order valence-corrected chi connectivity index (χ3v) is 6.95. The molecule has 2 fully saturated rings. The quantitative estimate of drug-likeness (QED) is 0.697. The first-order chi connectivity index (χ1) is 14.6. The molecule has 1 unspecified atom stereocenters. The van der Waals surface area contributed by atoms with Crippen molar-refractivity contribution in [3.63, 3.8) is 0 Å². The zero-order valence-corrected chi connectivity index (χ0v) is 17.9. The number of hydrogen-bond donors (Lipinski definition) is 0. The van der Waals surface area contributed by atoms with Crippen molar-refractivity contribution in [2.45, 2.75) is 38.3 Å². The molecule has 4 rings (SSSR count). The molecule has 0 N–H and O–H groups in total. The number of halogens is 2. The van der Waals surface area contributed by atoms with Gasteiger partial charge in [0.1, 0.15) is 11.6 Å². The highest BCUT2D eigenvalue weighted by atomic mass is 19.1. The molecule has 2 aliphatic rings. The molecule has 0 aromatic heterocycles. The average Bonchev–Trinajstić information content (AvgIpc) is 2.79. The predicted octanol–water partition coefficient (Wildman–Crippen LogP) is 4.35. The van der Waals surface area contributed by atoms with Crippen LogP contribution in [0.5, 0.6) is 0 Å². The third-order valence-electron chi connectivity index (χ3n) is 6.95. The van der Waals surface area contributed by atoms with Crippen molar-refractivity contribution in [2.24, 2.45) is 0 Å². The second-order valence-corrected chi connectivity index (χ2v) is 8.75. The Morgan fingerprint density at radius 2 is 1.37 bits per heavy atom. The van der Waals surface area contributed by atoms with E-state index in [0.717, 1.165) is 52.2 Å². The van der Waals surface area contributed by atoms with Gasteiger partial charge in [-0.05, 0) is 61.6 Å². The molecule has 0 spiro atoms. The Morgan fingerprint density at radius 3 is 1.97 bits per heavy atom. The Bertz CT molecular complexity index is 777. The third kappa shape index (κ3) is 5.45. The highest BCUT2D eigenvalue weighted by molar-refractivity contribution is 5.19. The SMILES string of the molecule is CC(c1ccc(F)cc1)N1CCC(N2CCN(CCc3ccc(F)cc3)CC2)CC1. The van der Waals surface area contributed by atoms with Crippen molar-refractivity contribution in [1.29, 1.82) is 0 Å². The van der Waals surface area contributed by atoms with E-state index in [1.165, 1.54) is 24.0 Å². The maximum absolute atomic E-state index is 13.2.